The fourth-order valence-electron chi connectivity index (χ4n) is 4.73. The van der Waals surface area contributed by atoms with Gasteiger partial charge in [-0.05, 0) is 61.6 Å². The van der Waals surface area contributed by atoms with Gasteiger partial charge < -0.3 is 10.1 Å². The van der Waals surface area contributed by atoms with Gasteiger partial charge in [0.15, 0.2) is 6.61 Å². The number of fused-ring (bicyclic) bond motifs is 2. The van der Waals surface area contributed by atoms with E-state index in [0.717, 1.165) is 17.6 Å². The van der Waals surface area contributed by atoms with E-state index in [4.69, 9.17) is 4.74 Å². The van der Waals surface area contributed by atoms with E-state index in [2.05, 4.69) is 24.4 Å². The molecule has 1 saturated heterocycles. The summed E-state index contributed by atoms with van der Waals surface area (Å²) in [6.45, 7) is 2.27. The van der Waals surface area contributed by atoms with E-state index >= 15 is 0 Å². The molecule has 5 heteroatoms. The van der Waals surface area contributed by atoms with Gasteiger partial charge >= 0.3 is 0 Å². The molecule has 3 fully saturated rings. The van der Waals surface area contributed by atoms with Gasteiger partial charge in [0.05, 0.1) is 4.58 Å². The van der Waals surface area contributed by atoms with Crippen LogP contribution < -0.4 is 10.1 Å². The van der Waals surface area contributed by atoms with Crippen molar-refractivity contribution in [1.29, 1.82) is 0 Å². The van der Waals surface area contributed by atoms with Crippen molar-refractivity contribution in [2.75, 3.05) is 18.1 Å². The molecular weight excluding hydrogens is 350 g/mol. The third-order valence-corrected chi connectivity index (χ3v) is 9.07. The molecule has 0 unspecified atom stereocenters. The molecule has 3 aliphatic rings. The molecule has 25 heavy (non-hydrogen) atoms. The average Bonchev–Trinajstić information content (AvgIpc) is 3.37. The minimum atomic E-state index is 0.00116. The smallest absolute Gasteiger partial charge is 0.258 e. The van der Waals surface area contributed by atoms with Crippen LogP contribution in [0.25, 0.3) is 0 Å². The fraction of sp³-hybridized carbons (Fsp3) is 0.650. The third kappa shape index (κ3) is 4.13. The standard InChI is InChI=1S/C20H27NO2S2/c1-13(18-11-14-2-3-16(18)10-14)21-19(22)12-23-17-6-4-15(5-7-17)20-24-8-9-25-20/h4-7,13-14,16,18,20H,2-3,8-12H2,1H3,(H,21,22)/t13-,14+,16+,18-/m0/s1. The maximum Gasteiger partial charge on any atom is 0.258 e. The Kier molecular flexibility index (Phi) is 5.51. The minimum Gasteiger partial charge on any atom is -0.484 e. The van der Waals surface area contributed by atoms with Gasteiger partial charge in [-0.3, -0.25) is 4.79 Å². The SMILES string of the molecule is C[C@H](NC(=O)COc1ccc(C2SCCS2)cc1)[C@@H]1C[C@@H]2CC[C@@H]1C2. The van der Waals surface area contributed by atoms with Gasteiger partial charge in [-0.15, -0.1) is 23.5 Å². The molecule has 4 rings (SSSR count). The summed E-state index contributed by atoms with van der Waals surface area (Å²) in [4.78, 5) is 12.2. The van der Waals surface area contributed by atoms with Crippen LogP contribution in [0.15, 0.2) is 24.3 Å². The molecule has 1 amide bonds. The van der Waals surface area contributed by atoms with Crippen LogP contribution in [0.3, 0.4) is 0 Å². The Morgan fingerprint density at radius 1 is 1.20 bits per heavy atom. The molecule has 2 saturated carbocycles. The molecule has 0 radical (unpaired) electrons. The molecule has 1 aromatic carbocycles. The highest BCUT2D eigenvalue weighted by molar-refractivity contribution is 8.19. The first-order valence-electron chi connectivity index (χ1n) is 9.44. The molecular formula is C20H27NO2S2. The highest BCUT2D eigenvalue weighted by Gasteiger charge is 2.42. The first-order valence-corrected chi connectivity index (χ1v) is 11.5. The molecule has 1 aromatic rings. The lowest BCUT2D eigenvalue weighted by Crippen LogP contribution is -2.42. The minimum absolute atomic E-state index is 0.00116. The van der Waals surface area contributed by atoms with Gasteiger partial charge in [0.2, 0.25) is 0 Å². The Hall–Kier alpha value is -0.810. The number of rotatable bonds is 6. The van der Waals surface area contributed by atoms with Gasteiger partial charge in [0, 0.05) is 17.5 Å². The molecule has 1 aliphatic heterocycles. The van der Waals surface area contributed by atoms with Crippen LogP contribution >= 0.6 is 23.5 Å². The van der Waals surface area contributed by atoms with Crippen LogP contribution in [0.4, 0.5) is 0 Å². The van der Waals surface area contributed by atoms with Gasteiger partial charge in [-0.1, -0.05) is 18.6 Å². The summed E-state index contributed by atoms with van der Waals surface area (Å²) in [7, 11) is 0. The van der Waals surface area contributed by atoms with E-state index in [1.165, 1.54) is 42.8 Å². The lowest BCUT2D eigenvalue weighted by atomic mass is 9.84. The maximum atomic E-state index is 12.2. The lowest BCUT2D eigenvalue weighted by molar-refractivity contribution is -0.124. The number of benzene rings is 1. The number of carbonyl (C=O) groups is 1. The van der Waals surface area contributed by atoms with Crippen LogP contribution in [-0.2, 0) is 4.79 Å². The molecule has 136 valence electrons. The van der Waals surface area contributed by atoms with Crippen molar-refractivity contribution in [3.05, 3.63) is 29.8 Å². The number of carbonyl (C=O) groups excluding carboxylic acids is 1. The van der Waals surface area contributed by atoms with Crippen LogP contribution in [0.2, 0.25) is 0 Å². The molecule has 4 atom stereocenters. The zero-order chi connectivity index (χ0) is 17.2. The zero-order valence-electron chi connectivity index (χ0n) is 14.8. The largest absolute Gasteiger partial charge is 0.484 e. The highest BCUT2D eigenvalue weighted by atomic mass is 32.2. The third-order valence-electron chi connectivity index (χ3n) is 5.97. The second kappa shape index (κ2) is 7.83. The number of nitrogens with one attached hydrogen (secondary N) is 1. The van der Waals surface area contributed by atoms with Crippen LogP contribution in [0.1, 0.15) is 42.8 Å². The molecule has 1 N–H and O–H groups in total. The number of thioether (sulfide) groups is 2. The van der Waals surface area contributed by atoms with Crippen molar-refractivity contribution in [3.8, 4) is 5.75 Å². The summed E-state index contributed by atoms with van der Waals surface area (Å²) in [5.74, 6) is 5.66. The van der Waals surface area contributed by atoms with Crippen molar-refractivity contribution in [3.63, 3.8) is 0 Å². The van der Waals surface area contributed by atoms with Crippen molar-refractivity contribution in [2.45, 2.75) is 43.2 Å². The normalized spacial score (nSPS) is 29.7. The summed E-state index contributed by atoms with van der Waals surface area (Å²) in [6, 6.07) is 8.50. The molecule has 2 aliphatic carbocycles. The van der Waals surface area contributed by atoms with Crippen molar-refractivity contribution >= 4 is 29.4 Å². The Bertz CT molecular complexity index is 600. The molecule has 0 spiro atoms. The van der Waals surface area contributed by atoms with Crippen LogP contribution in [0, 0.1) is 17.8 Å². The van der Waals surface area contributed by atoms with Gasteiger partial charge in [0.1, 0.15) is 5.75 Å². The Balaban J connectivity index is 1.23. The number of ether oxygens (including phenoxy) is 1. The van der Waals surface area contributed by atoms with Crippen molar-refractivity contribution in [2.24, 2.45) is 17.8 Å². The highest BCUT2D eigenvalue weighted by Crippen LogP contribution is 2.49. The monoisotopic (exact) mass is 377 g/mol. The Morgan fingerprint density at radius 2 is 1.96 bits per heavy atom. The van der Waals surface area contributed by atoms with E-state index in [1.807, 2.05) is 35.7 Å². The second-order valence-corrected chi connectivity index (χ2v) is 10.4. The molecule has 1 heterocycles. The number of hydrogen-bond donors (Lipinski definition) is 1. The Labute approximate surface area is 159 Å². The average molecular weight is 378 g/mol. The van der Waals surface area contributed by atoms with Crippen LogP contribution in [-0.4, -0.2) is 30.1 Å². The molecule has 2 bridgehead atoms. The summed E-state index contributed by atoms with van der Waals surface area (Å²) in [5, 5.41) is 3.16. The van der Waals surface area contributed by atoms with Gasteiger partial charge in [-0.2, -0.15) is 0 Å². The summed E-state index contributed by atoms with van der Waals surface area (Å²) < 4.78 is 6.24. The second-order valence-electron chi connectivity index (χ2n) is 7.63. The van der Waals surface area contributed by atoms with Gasteiger partial charge in [0.25, 0.3) is 5.91 Å². The predicted octanol–water partition coefficient (Wildman–Crippen LogP) is 4.48. The van der Waals surface area contributed by atoms with Gasteiger partial charge in [-0.25, -0.2) is 0 Å². The van der Waals surface area contributed by atoms with Crippen LogP contribution in [0.5, 0.6) is 5.75 Å². The quantitative estimate of drug-likeness (QED) is 0.793. The van der Waals surface area contributed by atoms with E-state index in [0.29, 0.717) is 10.5 Å². The van der Waals surface area contributed by atoms with Crippen molar-refractivity contribution in [1.82, 2.24) is 5.32 Å². The number of amides is 1. The summed E-state index contributed by atoms with van der Waals surface area (Å²) >= 11 is 4.00. The zero-order valence-corrected chi connectivity index (χ0v) is 16.4. The predicted molar refractivity (Wildman–Crippen MR) is 106 cm³/mol. The summed E-state index contributed by atoms with van der Waals surface area (Å²) in [6.07, 6.45) is 5.44. The fourth-order valence-corrected chi connectivity index (χ4v) is 7.59. The molecule has 3 nitrogen and oxygen atoms in total. The number of hydrogen-bond acceptors (Lipinski definition) is 4. The summed E-state index contributed by atoms with van der Waals surface area (Å²) in [5.41, 5.74) is 1.34. The van der Waals surface area contributed by atoms with E-state index < -0.39 is 0 Å². The van der Waals surface area contributed by atoms with E-state index in [1.54, 1.807) is 0 Å². The maximum absolute atomic E-state index is 12.2. The first kappa shape index (κ1) is 17.6. The Morgan fingerprint density at radius 3 is 2.60 bits per heavy atom. The lowest BCUT2D eigenvalue weighted by Gasteiger charge is -2.28. The van der Waals surface area contributed by atoms with E-state index in [-0.39, 0.29) is 18.6 Å². The van der Waals surface area contributed by atoms with Crippen molar-refractivity contribution < 1.29 is 9.53 Å². The van der Waals surface area contributed by atoms with E-state index in [9.17, 15) is 4.79 Å². The molecule has 0 aromatic heterocycles. The topological polar surface area (TPSA) is 38.3 Å². The first-order chi connectivity index (χ1) is 12.2.